The molecule has 0 spiro atoms. The van der Waals surface area contributed by atoms with E-state index < -0.39 is 0 Å². The van der Waals surface area contributed by atoms with Crippen LogP contribution in [0.3, 0.4) is 0 Å². The van der Waals surface area contributed by atoms with Gasteiger partial charge in [0.05, 0.1) is 6.54 Å². The molecule has 2 aromatic heterocycles. The molecule has 1 unspecified atom stereocenters. The molecule has 0 bridgehead atoms. The molecule has 7 nitrogen and oxygen atoms in total. The number of aliphatic hydroxyl groups excluding tert-OH is 1. The number of rotatable bonds is 10. The van der Waals surface area contributed by atoms with Crippen molar-refractivity contribution in [3.63, 3.8) is 0 Å². The molecule has 0 radical (unpaired) electrons. The van der Waals surface area contributed by atoms with Crippen molar-refractivity contribution >= 4 is 29.9 Å². The number of nitrogens with one attached hydrogen (secondary N) is 2. The van der Waals surface area contributed by atoms with E-state index in [1.807, 2.05) is 36.0 Å². The molecule has 0 aliphatic rings. The van der Waals surface area contributed by atoms with Gasteiger partial charge in [0.25, 0.3) is 0 Å². The van der Waals surface area contributed by atoms with Crippen LogP contribution < -0.4 is 10.6 Å². The lowest BCUT2D eigenvalue weighted by atomic mass is 9.94. The number of imidazole rings is 1. The second kappa shape index (κ2) is 13.5. The van der Waals surface area contributed by atoms with Crippen LogP contribution in [0, 0.1) is 18.8 Å². The zero-order valence-electron chi connectivity index (χ0n) is 17.9. The van der Waals surface area contributed by atoms with Crippen LogP contribution >= 0.6 is 24.0 Å². The van der Waals surface area contributed by atoms with E-state index >= 15 is 0 Å². The van der Waals surface area contributed by atoms with Crippen molar-refractivity contribution in [1.82, 2.24) is 25.2 Å². The number of aromatic nitrogens is 3. The molecule has 2 heterocycles. The van der Waals surface area contributed by atoms with Crippen molar-refractivity contribution in [2.24, 2.45) is 16.8 Å². The summed E-state index contributed by atoms with van der Waals surface area (Å²) in [6.45, 7) is 10.8. The fourth-order valence-corrected chi connectivity index (χ4v) is 3.18. The van der Waals surface area contributed by atoms with E-state index in [4.69, 9.17) is 0 Å². The Kier molecular flexibility index (Phi) is 11.8. The molecule has 2 aromatic rings. The zero-order chi connectivity index (χ0) is 20.4. The third-order valence-electron chi connectivity index (χ3n) is 4.55. The van der Waals surface area contributed by atoms with Gasteiger partial charge in [0.2, 0.25) is 0 Å². The Morgan fingerprint density at radius 2 is 2.03 bits per heavy atom. The van der Waals surface area contributed by atoms with Crippen LogP contribution in [-0.4, -0.2) is 45.3 Å². The number of guanidine groups is 1. The van der Waals surface area contributed by atoms with Gasteiger partial charge in [-0.05, 0) is 50.2 Å². The van der Waals surface area contributed by atoms with Gasteiger partial charge in [-0.3, -0.25) is 4.57 Å². The maximum Gasteiger partial charge on any atom is 0.191 e. The summed E-state index contributed by atoms with van der Waals surface area (Å²) in [7, 11) is 0. The second-order valence-corrected chi connectivity index (χ2v) is 7.45. The molecule has 2 rings (SSSR count). The van der Waals surface area contributed by atoms with Gasteiger partial charge in [-0.25, -0.2) is 15.0 Å². The van der Waals surface area contributed by atoms with E-state index in [9.17, 15) is 5.11 Å². The lowest BCUT2D eigenvalue weighted by molar-refractivity contribution is 0.243. The topological polar surface area (TPSA) is 87.4 Å². The Morgan fingerprint density at radius 1 is 1.24 bits per heavy atom. The predicted molar refractivity (Wildman–Crippen MR) is 129 cm³/mol. The van der Waals surface area contributed by atoms with E-state index in [2.05, 4.69) is 46.4 Å². The molecule has 0 amide bonds. The van der Waals surface area contributed by atoms with E-state index in [-0.39, 0.29) is 30.6 Å². The standard InChI is InChI=1S/C21H34N6O.HI/c1-5-22-21(25-13-18(8-11-28)12-16(2)3)26-15-19-6-7-20(24-14-19)27-10-9-23-17(27)4;/h6-7,9-10,14,16,18,28H,5,8,11-13,15H2,1-4H3,(H2,22,25,26);1H. The number of aliphatic hydroxyl groups is 1. The highest BCUT2D eigenvalue weighted by Gasteiger charge is 2.11. The van der Waals surface area contributed by atoms with Crippen molar-refractivity contribution in [3.8, 4) is 5.82 Å². The van der Waals surface area contributed by atoms with Gasteiger partial charge in [0.1, 0.15) is 11.6 Å². The molecule has 0 fully saturated rings. The largest absolute Gasteiger partial charge is 0.396 e. The van der Waals surface area contributed by atoms with E-state index in [1.165, 1.54) is 0 Å². The second-order valence-electron chi connectivity index (χ2n) is 7.45. The van der Waals surface area contributed by atoms with Crippen LogP contribution in [0.25, 0.3) is 5.82 Å². The number of hydrogen-bond acceptors (Lipinski definition) is 4. The van der Waals surface area contributed by atoms with Crippen LogP contribution in [0.1, 0.15) is 45.0 Å². The highest BCUT2D eigenvalue weighted by atomic mass is 127. The van der Waals surface area contributed by atoms with Gasteiger partial charge >= 0.3 is 0 Å². The molecule has 0 aromatic carbocycles. The van der Waals surface area contributed by atoms with Crippen LogP contribution in [0.5, 0.6) is 0 Å². The summed E-state index contributed by atoms with van der Waals surface area (Å²) >= 11 is 0. The Morgan fingerprint density at radius 3 is 2.59 bits per heavy atom. The lowest BCUT2D eigenvalue weighted by Gasteiger charge is -2.20. The first-order valence-electron chi connectivity index (χ1n) is 10.1. The molecular formula is C21H35IN6O. The smallest absolute Gasteiger partial charge is 0.191 e. The first-order chi connectivity index (χ1) is 13.5. The third-order valence-corrected chi connectivity index (χ3v) is 4.55. The predicted octanol–water partition coefficient (Wildman–Crippen LogP) is 3.29. The summed E-state index contributed by atoms with van der Waals surface area (Å²) < 4.78 is 1.95. The molecule has 3 N–H and O–H groups in total. The first kappa shape index (κ1) is 25.4. The number of hydrogen-bond donors (Lipinski definition) is 3. The molecule has 0 aliphatic heterocycles. The van der Waals surface area contributed by atoms with Crippen molar-refractivity contribution in [3.05, 3.63) is 42.1 Å². The monoisotopic (exact) mass is 514 g/mol. The van der Waals surface area contributed by atoms with E-state index in [0.717, 1.165) is 49.1 Å². The molecule has 0 saturated heterocycles. The highest BCUT2D eigenvalue weighted by Crippen LogP contribution is 2.14. The summed E-state index contributed by atoms with van der Waals surface area (Å²) in [5.41, 5.74) is 1.05. The van der Waals surface area contributed by atoms with Gasteiger partial charge < -0.3 is 15.7 Å². The minimum Gasteiger partial charge on any atom is -0.396 e. The van der Waals surface area contributed by atoms with Crippen molar-refractivity contribution in [2.45, 2.75) is 47.1 Å². The van der Waals surface area contributed by atoms with E-state index in [1.54, 1.807) is 6.20 Å². The van der Waals surface area contributed by atoms with Gasteiger partial charge in [0, 0.05) is 38.3 Å². The molecule has 1 atom stereocenters. The molecule has 0 saturated carbocycles. The molecular weight excluding hydrogens is 479 g/mol. The summed E-state index contributed by atoms with van der Waals surface area (Å²) in [6, 6.07) is 4.03. The van der Waals surface area contributed by atoms with Crippen molar-refractivity contribution in [2.75, 3.05) is 19.7 Å². The normalized spacial score (nSPS) is 12.6. The zero-order valence-corrected chi connectivity index (χ0v) is 20.3. The maximum atomic E-state index is 9.29. The van der Waals surface area contributed by atoms with Crippen LogP contribution in [-0.2, 0) is 6.54 Å². The Balaban J connectivity index is 0.00000420. The molecule has 29 heavy (non-hydrogen) atoms. The van der Waals surface area contributed by atoms with Gasteiger partial charge in [-0.1, -0.05) is 19.9 Å². The minimum absolute atomic E-state index is 0. The Hall–Kier alpha value is -1.68. The van der Waals surface area contributed by atoms with Crippen molar-refractivity contribution < 1.29 is 5.11 Å². The minimum atomic E-state index is 0. The van der Waals surface area contributed by atoms with E-state index in [0.29, 0.717) is 18.4 Å². The molecule has 0 aliphatic carbocycles. The summed E-state index contributed by atoms with van der Waals surface area (Å²) in [5.74, 6) is 3.61. The number of halogens is 1. The number of aliphatic imine (C=N–C) groups is 1. The fourth-order valence-electron chi connectivity index (χ4n) is 3.18. The maximum absolute atomic E-state index is 9.29. The van der Waals surface area contributed by atoms with Gasteiger partial charge in [0.15, 0.2) is 5.96 Å². The first-order valence-corrected chi connectivity index (χ1v) is 10.1. The highest BCUT2D eigenvalue weighted by molar-refractivity contribution is 14.0. The summed E-state index contributed by atoms with van der Waals surface area (Å²) in [4.78, 5) is 13.4. The molecule has 8 heteroatoms. The number of nitrogens with zero attached hydrogens (tertiary/aromatic N) is 4. The SMILES string of the molecule is CCNC(=NCc1ccc(-n2ccnc2C)nc1)NCC(CCO)CC(C)C.I. The van der Waals surface area contributed by atoms with Gasteiger partial charge in [-0.15, -0.1) is 24.0 Å². The Labute approximate surface area is 191 Å². The van der Waals surface area contributed by atoms with Crippen LogP contribution in [0.2, 0.25) is 0 Å². The van der Waals surface area contributed by atoms with Gasteiger partial charge in [-0.2, -0.15) is 0 Å². The quantitative estimate of drug-likeness (QED) is 0.257. The Bertz CT molecular complexity index is 729. The summed E-state index contributed by atoms with van der Waals surface area (Å²) in [6.07, 6.45) is 7.43. The molecule has 162 valence electrons. The van der Waals surface area contributed by atoms with Crippen LogP contribution in [0.15, 0.2) is 35.7 Å². The average molecular weight is 514 g/mol. The number of pyridine rings is 1. The van der Waals surface area contributed by atoms with Crippen LogP contribution in [0.4, 0.5) is 0 Å². The van der Waals surface area contributed by atoms with Crippen molar-refractivity contribution in [1.29, 1.82) is 0 Å². The lowest BCUT2D eigenvalue weighted by Crippen LogP contribution is -2.40. The fraction of sp³-hybridized carbons (Fsp3) is 0.571. The summed E-state index contributed by atoms with van der Waals surface area (Å²) in [5, 5.41) is 16.0. The average Bonchev–Trinajstić information content (AvgIpc) is 3.10. The third kappa shape index (κ3) is 8.69. The number of aryl methyl sites for hydroxylation is 1.